The van der Waals surface area contributed by atoms with Crippen LogP contribution in [0.25, 0.3) is 5.76 Å². The number of carbonyl (C=O) groups is 1. The van der Waals surface area contributed by atoms with E-state index in [1.807, 2.05) is 41.3 Å². The molecule has 2 aliphatic rings. The predicted octanol–water partition coefficient (Wildman–Crippen LogP) is 4.94. The van der Waals surface area contributed by atoms with Gasteiger partial charge in [0, 0.05) is 16.6 Å². The van der Waals surface area contributed by atoms with Crippen molar-refractivity contribution in [1.29, 1.82) is 0 Å². The Labute approximate surface area is 155 Å². The summed E-state index contributed by atoms with van der Waals surface area (Å²) in [5.41, 5.74) is 1.54. The Bertz CT molecular complexity index is 829. The third-order valence-corrected chi connectivity index (χ3v) is 5.46. The maximum atomic E-state index is 12.7. The molecule has 5 heteroatoms. The van der Waals surface area contributed by atoms with Crippen molar-refractivity contribution in [2.24, 2.45) is 0 Å². The van der Waals surface area contributed by atoms with Crippen LogP contribution in [0.1, 0.15) is 24.0 Å². The number of carbonyl (C=O) groups excluding carboxylic acids is 1. The first-order valence-electron chi connectivity index (χ1n) is 8.25. The number of hydrogen-bond acceptors (Lipinski definition) is 3. The van der Waals surface area contributed by atoms with Gasteiger partial charge in [-0.2, -0.15) is 0 Å². The normalized spacial score (nSPS) is 22.2. The zero-order valence-electron chi connectivity index (χ0n) is 13.9. The van der Waals surface area contributed by atoms with Gasteiger partial charge in [-0.05, 0) is 60.9 Å². The van der Waals surface area contributed by atoms with E-state index in [9.17, 15) is 4.79 Å². The lowest BCUT2D eigenvalue weighted by Crippen LogP contribution is -2.46. The van der Waals surface area contributed by atoms with E-state index in [1.165, 1.54) is 0 Å². The number of halogens is 1. The summed E-state index contributed by atoms with van der Waals surface area (Å²) < 4.78 is 11.9. The Morgan fingerprint density at radius 1 is 1.12 bits per heavy atom. The van der Waals surface area contributed by atoms with Crippen LogP contribution >= 0.6 is 15.9 Å². The molecule has 0 aliphatic carbocycles. The molecule has 0 N–H and O–H groups in total. The van der Waals surface area contributed by atoms with E-state index >= 15 is 0 Å². The lowest BCUT2D eigenvalue weighted by molar-refractivity contribution is 0.106. The first-order chi connectivity index (χ1) is 12.1. The van der Waals surface area contributed by atoms with E-state index in [0.717, 1.165) is 34.2 Å². The molecule has 0 radical (unpaired) electrons. The van der Waals surface area contributed by atoms with Crippen LogP contribution in [0.2, 0.25) is 0 Å². The average Bonchev–Trinajstić information content (AvgIpc) is 3.08. The van der Waals surface area contributed by atoms with Gasteiger partial charge in [0.05, 0.1) is 12.6 Å². The molecule has 25 heavy (non-hydrogen) atoms. The van der Waals surface area contributed by atoms with Gasteiger partial charge in [0.15, 0.2) is 0 Å². The van der Waals surface area contributed by atoms with Crippen molar-refractivity contribution in [2.75, 3.05) is 13.7 Å². The van der Waals surface area contributed by atoms with Gasteiger partial charge >= 0.3 is 6.09 Å². The van der Waals surface area contributed by atoms with Crippen molar-refractivity contribution >= 4 is 27.8 Å². The smallest absolute Gasteiger partial charge is 0.416 e. The highest BCUT2D eigenvalue weighted by Crippen LogP contribution is 2.46. The monoisotopic (exact) mass is 399 g/mol. The molecule has 2 aliphatic heterocycles. The van der Waals surface area contributed by atoms with Crippen LogP contribution in [-0.4, -0.2) is 24.6 Å². The standard InChI is InChI=1S/C20H18BrNO3/c1-24-17-9-3-14(4-10-17)18-13-20(15-5-7-16(21)8-6-15)11-2-12-22(20)19(23)25-18/h3-10,13H,2,11-12H2,1H3/t20-/m0/s1. The first kappa shape index (κ1) is 16.2. The van der Waals surface area contributed by atoms with Crippen molar-refractivity contribution in [2.45, 2.75) is 18.4 Å². The number of benzene rings is 2. The van der Waals surface area contributed by atoms with Gasteiger partial charge in [-0.15, -0.1) is 0 Å². The van der Waals surface area contributed by atoms with Gasteiger partial charge in [-0.25, -0.2) is 4.79 Å². The number of fused-ring (bicyclic) bond motifs is 1. The average molecular weight is 400 g/mol. The van der Waals surface area contributed by atoms with E-state index in [-0.39, 0.29) is 6.09 Å². The van der Waals surface area contributed by atoms with E-state index in [0.29, 0.717) is 12.3 Å². The van der Waals surface area contributed by atoms with Gasteiger partial charge in [0.2, 0.25) is 0 Å². The molecule has 128 valence electrons. The summed E-state index contributed by atoms with van der Waals surface area (Å²) in [6.07, 6.45) is 3.65. The van der Waals surface area contributed by atoms with Gasteiger partial charge in [0.1, 0.15) is 11.5 Å². The highest BCUT2D eigenvalue weighted by atomic mass is 79.9. The molecular weight excluding hydrogens is 382 g/mol. The number of rotatable bonds is 3. The van der Waals surface area contributed by atoms with Crippen LogP contribution in [0, 0.1) is 0 Å². The molecule has 0 saturated carbocycles. The number of ether oxygens (including phenoxy) is 2. The van der Waals surface area contributed by atoms with Crippen LogP contribution in [0.3, 0.4) is 0 Å². The topological polar surface area (TPSA) is 38.8 Å². The minimum Gasteiger partial charge on any atom is -0.497 e. The van der Waals surface area contributed by atoms with E-state index < -0.39 is 5.54 Å². The maximum absolute atomic E-state index is 12.7. The van der Waals surface area contributed by atoms with Crippen LogP contribution in [0.5, 0.6) is 5.75 Å². The zero-order valence-corrected chi connectivity index (χ0v) is 15.5. The molecule has 0 unspecified atom stereocenters. The van der Waals surface area contributed by atoms with Gasteiger partial charge < -0.3 is 9.47 Å². The molecule has 2 aromatic rings. The van der Waals surface area contributed by atoms with Crippen molar-refractivity contribution < 1.29 is 14.3 Å². The Kier molecular flexibility index (Phi) is 4.04. The maximum Gasteiger partial charge on any atom is 0.416 e. The highest BCUT2D eigenvalue weighted by molar-refractivity contribution is 9.10. The third kappa shape index (κ3) is 2.72. The molecule has 2 aromatic carbocycles. The fraction of sp³-hybridized carbons (Fsp3) is 0.250. The fourth-order valence-corrected chi connectivity index (χ4v) is 3.92. The molecule has 1 atom stereocenters. The summed E-state index contributed by atoms with van der Waals surface area (Å²) in [4.78, 5) is 14.5. The number of amides is 1. The van der Waals surface area contributed by atoms with Crippen LogP contribution < -0.4 is 4.74 Å². The minimum atomic E-state index is -0.439. The van der Waals surface area contributed by atoms with Crippen molar-refractivity contribution in [3.05, 3.63) is 70.2 Å². The Morgan fingerprint density at radius 3 is 2.52 bits per heavy atom. The number of cyclic esters (lactones) is 1. The van der Waals surface area contributed by atoms with E-state index in [4.69, 9.17) is 9.47 Å². The largest absolute Gasteiger partial charge is 0.497 e. The third-order valence-electron chi connectivity index (χ3n) is 4.93. The number of hydrogen-bond donors (Lipinski definition) is 0. The molecule has 1 fully saturated rings. The van der Waals surface area contributed by atoms with Crippen molar-refractivity contribution in [3.63, 3.8) is 0 Å². The van der Waals surface area contributed by atoms with Gasteiger partial charge in [-0.1, -0.05) is 28.1 Å². The SMILES string of the molecule is COc1ccc(C2=C[C@]3(c4ccc(Br)cc4)CCCN3C(=O)O2)cc1. The summed E-state index contributed by atoms with van der Waals surface area (Å²) in [5.74, 6) is 1.38. The van der Waals surface area contributed by atoms with Crippen molar-refractivity contribution in [1.82, 2.24) is 4.90 Å². The lowest BCUT2D eigenvalue weighted by Gasteiger charge is -2.39. The van der Waals surface area contributed by atoms with Gasteiger partial charge in [0.25, 0.3) is 0 Å². The summed E-state index contributed by atoms with van der Waals surface area (Å²) in [7, 11) is 1.63. The lowest BCUT2D eigenvalue weighted by atomic mass is 9.85. The second kappa shape index (κ2) is 6.23. The molecule has 1 saturated heterocycles. The Balaban J connectivity index is 1.81. The van der Waals surface area contributed by atoms with E-state index in [1.54, 1.807) is 7.11 Å². The van der Waals surface area contributed by atoms with Crippen LogP contribution in [-0.2, 0) is 10.3 Å². The van der Waals surface area contributed by atoms with Crippen molar-refractivity contribution in [3.8, 4) is 5.75 Å². The van der Waals surface area contributed by atoms with E-state index in [2.05, 4.69) is 34.1 Å². The zero-order chi connectivity index (χ0) is 17.4. The second-order valence-electron chi connectivity index (χ2n) is 6.29. The second-order valence-corrected chi connectivity index (χ2v) is 7.21. The molecule has 4 nitrogen and oxygen atoms in total. The summed E-state index contributed by atoms with van der Waals surface area (Å²) in [5, 5.41) is 0. The number of nitrogens with zero attached hydrogens (tertiary/aromatic N) is 1. The minimum absolute atomic E-state index is 0.284. The Hall–Kier alpha value is -2.27. The molecule has 2 heterocycles. The molecule has 1 amide bonds. The quantitative estimate of drug-likeness (QED) is 0.733. The van der Waals surface area contributed by atoms with Crippen LogP contribution in [0.4, 0.5) is 4.79 Å². The molecule has 0 spiro atoms. The predicted molar refractivity (Wildman–Crippen MR) is 99.2 cm³/mol. The summed E-state index contributed by atoms with van der Waals surface area (Å²) >= 11 is 3.48. The van der Waals surface area contributed by atoms with Gasteiger partial charge in [-0.3, -0.25) is 4.90 Å². The number of methoxy groups -OCH3 is 1. The first-order valence-corrected chi connectivity index (χ1v) is 9.04. The van der Waals surface area contributed by atoms with Crippen LogP contribution in [0.15, 0.2) is 59.1 Å². The summed E-state index contributed by atoms with van der Waals surface area (Å²) in [6.45, 7) is 0.710. The fourth-order valence-electron chi connectivity index (χ4n) is 3.66. The highest BCUT2D eigenvalue weighted by Gasteiger charge is 2.48. The molecule has 0 aromatic heterocycles. The molecule has 4 rings (SSSR count). The molecular formula is C20H18BrNO3. The Morgan fingerprint density at radius 2 is 1.84 bits per heavy atom. The molecule has 0 bridgehead atoms. The summed E-state index contributed by atoms with van der Waals surface area (Å²) in [6, 6.07) is 15.7.